The maximum absolute atomic E-state index is 13.7. The number of rotatable bonds is 4. The molecule has 2 nitrogen and oxygen atoms in total. The van der Waals surface area contributed by atoms with Gasteiger partial charge in [-0.1, -0.05) is 19.1 Å². The van der Waals surface area contributed by atoms with Crippen molar-refractivity contribution < 1.29 is 18.6 Å². The summed E-state index contributed by atoms with van der Waals surface area (Å²) >= 11 is 0. The normalized spacial score (nSPS) is 14.9. The van der Waals surface area contributed by atoms with E-state index >= 15 is 0 Å². The van der Waals surface area contributed by atoms with E-state index in [1.165, 1.54) is 26.2 Å². The molecule has 16 heavy (non-hydrogen) atoms. The zero-order valence-corrected chi connectivity index (χ0v) is 9.68. The standard InChI is InChI=1S/C12H16F2O2/c1-4-12(15,7-16-3)9-6-5-8(2)10(13)11(9)14/h5-6,15H,4,7H2,1-3H3. The van der Waals surface area contributed by atoms with E-state index in [-0.39, 0.29) is 24.2 Å². The van der Waals surface area contributed by atoms with Gasteiger partial charge in [0.25, 0.3) is 0 Å². The molecule has 1 unspecified atom stereocenters. The van der Waals surface area contributed by atoms with Crippen molar-refractivity contribution in [2.24, 2.45) is 0 Å². The second-order valence-corrected chi connectivity index (χ2v) is 3.88. The quantitative estimate of drug-likeness (QED) is 0.861. The lowest BCUT2D eigenvalue weighted by Gasteiger charge is -2.27. The molecule has 1 N–H and O–H groups in total. The first-order chi connectivity index (χ1) is 7.46. The van der Waals surface area contributed by atoms with Crippen molar-refractivity contribution in [3.05, 3.63) is 34.9 Å². The van der Waals surface area contributed by atoms with Crippen LogP contribution >= 0.6 is 0 Å². The Labute approximate surface area is 93.9 Å². The number of ether oxygens (including phenoxy) is 1. The van der Waals surface area contributed by atoms with Crippen molar-refractivity contribution in [1.29, 1.82) is 0 Å². The third kappa shape index (κ3) is 2.23. The number of aliphatic hydroxyl groups is 1. The number of hydrogen-bond donors (Lipinski definition) is 1. The largest absolute Gasteiger partial charge is 0.383 e. The molecule has 0 fully saturated rings. The van der Waals surface area contributed by atoms with Gasteiger partial charge in [0.1, 0.15) is 5.60 Å². The molecule has 0 aromatic heterocycles. The Morgan fingerprint density at radius 1 is 1.31 bits per heavy atom. The second kappa shape index (κ2) is 4.89. The van der Waals surface area contributed by atoms with E-state index in [2.05, 4.69) is 0 Å². The van der Waals surface area contributed by atoms with Gasteiger partial charge in [0.15, 0.2) is 11.6 Å². The molecule has 0 spiro atoms. The zero-order valence-electron chi connectivity index (χ0n) is 9.68. The number of hydrogen-bond acceptors (Lipinski definition) is 2. The van der Waals surface area contributed by atoms with Gasteiger partial charge in [-0.05, 0) is 18.9 Å². The Kier molecular flexibility index (Phi) is 3.99. The smallest absolute Gasteiger partial charge is 0.165 e. The Bertz CT molecular complexity index is 380. The first-order valence-electron chi connectivity index (χ1n) is 5.12. The molecule has 4 heteroatoms. The lowest BCUT2D eigenvalue weighted by Crippen LogP contribution is -2.32. The monoisotopic (exact) mass is 230 g/mol. The fourth-order valence-electron chi connectivity index (χ4n) is 1.61. The first kappa shape index (κ1) is 13.1. The summed E-state index contributed by atoms with van der Waals surface area (Å²) in [5.41, 5.74) is -1.31. The Morgan fingerprint density at radius 2 is 1.94 bits per heavy atom. The van der Waals surface area contributed by atoms with E-state index in [0.717, 1.165) is 0 Å². The molecule has 0 bridgehead atoms. The lowest BCUT2D eigenvalue weighted by molar-refractivity contribution is -0.0413. The van der Waals surface area contributed by atoms with E-state index < -0.39 is 17.2 Å². The lowest BCUT2D eigenvalue weighted by atomic mass is 9.90. The first-order valence-corrected chi connectivity index (χ1v) is 5.12. The van der Waals surface area contributed by atoms with Crippen LogP contribution in [0.2, 0.25) is 0 Å². The van der Waals surface area contributed by atoms with Crippen molar-refractivity contribution in [3.63, 3.8) is 0 Å². The van der Waals surface area contributed by atoms with Gasteiger partial charge in [-0.2, -0.15) is 0 Å². The minimum atomic E-state index is -1.48. The highest BCUT2D eigenvalue weighted by Gasteiger charge is 2.31. The summed E-state index contributed by atoms with van der Waals surface area (Å²) in [6, 6.07) is 2.85. The molecule has 1 aromatic rings. The van der Waals surface area contributed by atoms with Gasteiger partial charge >= 0.3 is 0 Å². The average molecular weight is 230 g/mol. The van der Waals surface area contributed by atoms with Crippen LogP contribution in [0.1, 0.15) is 24.5 Å². The van der Waals surface area contributed by atoms with Crippen molar-refractivity contribution in [3.8, 4) is 0 Å². The van der Waals surface area contributed by atoms with Crippen LogP contribution in [0.15, 0.2) is 12.1 Å². The van der Waals surface area contributed by atoms with E-state index in [1.54, 1.807) is 6.92 Å². The van der Waals surface area contributed by atoms with Crippen LogP contribution in [0, 0.1) is 18.6 Å². The van der Waals surface area contributed by atoms with E-state index in [0.29, 0.717) is 0 Å². The second-order valence-electron chi connectivity index (χ2n) is 3.88. The summed E-state index contributed by atoms with van der Waals surface area (Å²) in [5.74, 6) is -1.91. The number of halogens is 2. The minimum Gasteiger partial charge on any atom is -0.383 e. The number of aryl methyl sites for hydroxylation is 1. The van der Waals surface area contributed by atoms with Crippen LogP contribution in [0.3, 0.4) is 0 Å². The van der Waals surface area contributed by atoms with Crippen LogP contribution < -0.4 is 0 Å². The summed E-state index contributed by atoms with van der Waals surface area (Å²) in [4.78, 5) is 0. The fraction of sp³-hybridized carbons (Fsp3) is 0.500. The third-order valence-corrected chi connectivity index (χ3v) is 2.74. The summed E-state index contributed by atoms with van der Waals surface area (Å²) in [6.45, 7) is 3.10. The highest BCUT2D eigenvalue weighted by atomic mass is 19.2. The molecular weight excluding hydrogens is 214 g/mol. The molecule has 0 aliphatic carbocycles. The van der Waals surface area contributed by atoms with Crippen LogP contribution in [0.5, 0.6) is 0 Å². The number of methoxy groups -OCH3 is 1. The van der Waals surface area contributed by atoms with Gasteiger partial charge in [-0.15, -0.1) is 0 Å². The van der Waals surface area contributed by atoms with Gasteiger partial charge < -0.3 is 9.84 Å². The molecule has 0 amide bonds. The van der Waals surface area contributed by atoms with Gasteiger partial charge in [0, 0.05) is 12.7 Å². The fourth-order valence-corrected chi connectivity index (χ4v) is 1.61. The molecule has 90 valence electrons. The van der Waals surface area contributed by atoms with Crippen LogP contribution in [-0.4, -0.2) is 18.8 Å². The highest BCUT2D eigenvalue weighted by Crippen LogP contribution is 2.29. The average Bonchev–Trinajstić information content (AvgIpc) is 2.26. The van der Waals surface area contributed by atoms with Crippen molar-refractivity contribution in [2.45, 2.75) is 25.9 Å². The summed E-state index contributed by atoms with van der Waals surface area (Å²) < 4.78 is 31.9. The Morgan fingerprint density at radius 3 is 2.44 bits per heavy atom. The summed E-state index contributed by atoms with van der Waals surface area (Å²) in [6.07, 6.45) is 0.250. The zero-order chi connectivity index (χ0) is 12.3. The molecule has 0 heterocycles. The van der Waals surface area contributed by atoms with Crippen LogP contribution in [0.25, 0.3) is 0 Å². The van der Waals surface area contributed by atoms with E-state index in [4.69, 9.17) is 4.74 Å². The summed E-state index contributed by atoms with van der Waals surface area (Å²) in [5, 5.41) is 10.2. The van der Waals surface area contributed by atoms with Gasteiger partial charge in [0.05, 0.1) is 6.61 Å². The molecule has 0 saturated heterocycles. The maximum atomic E-state index is 13.7. The molecule has 0 saturated carbocycles. The van der Waals surface area contributed by atoms with Crippen LogP contribution in [-0.2, 0) is 10.3 Å². The maximum Gasteiger partial charge on any atom is 0.165 e. The Balaban J connectivity index is 3.26. The van der Waals surface area contributed by atoms with Crippen LogP contribution in [0.4, 0.5) is 8.78 Å². The van der Waals surface area contributed by atoms with Crippen molar-refractivity contribution >= 4 is 0 Å². The molecule has 1 aromatic carbocycles. The highest BCUT2D eigenvalue weighted by molar-refractivity contribution is 5.30. The predicted octanol–water partition coefficient (Wildman–Crippen LogP) is 2.52. The number of benzene rings is 1. The summed E-state index contributed by atoms with van der Waals surface area (Å²) in [7, 11) is 1.41. The topological polar surface area (TPSA) is 29.5 Å². The SMILES string of the molecule is CCC(O)(COC)c1ccc(C)c(F)c1F. The molecule has 0 radical (unpaired) electrons. The van der Waals surface area contributed by atoms with Crippen molar-refractivity contribution in [1.82, 2.24) is 0 Å². The minimum absolute atomic E-state index is 0.0556. The van der Waals surface area contributed by atoms with Gasteiger partial charge in [-0.25, -0.2) is 8.78 Å². The van der Waals surface area contributed by atoms with E-state index in [9.17, 15) is 13.9 Å². The Hall–Kier alpha value is -1.00. The van der Waals surface area contributed by atoms with Gasteiger partial charge in [-0.3, -0.25) is 0 Å². The molecule has 1 rings (SSSR count). The molecule has 1 atom stereocenters. The molecular formula is C12H16F2O2. The van der Waals surface area contributed by atoms with Gasteiger partial charge in [0.2, 0.25) is 0 Å². The van der Waals surface area contributed by atoms with E-state index in [1.807, 2.05) is 0 Å². The third-order valence-electron chi connectivity index (χ3n) is 2.74. The van der Waals surface area contributed by atoms with Crippen molar-refractivity contribution in [2.75, 3.05) is 13.7 Å². The molecule has 0 aliphatic rings. The molecule has 0 aliphatic heterocycles. The predicted molar refractivity (Wildman–Crippen MR) is 57.2 cm³/mol.